The van der Waals surface area contributed by atoms with Gasteiger partial charge in [0.15, 0.2) is 0 Å². The minimum Gasteiger partial charge on any atom is -0.399 e. The molecule has 0 unspecified atom stereocenters. The average Bonchev–Trinajstić information content (AvgIpc) is 3.35. The van der Waals surface area contributed by atoms with Crippen LogP contribution in [-0.2, 0) is 0 Å². The fourth-order valence-corrected chi connectivity index (χ4v) is 3.74. The van der Waals surface area contributed by atoms with E-state index in [1.807, 2.05) is 45.2 Å². The largest absolute Gasteiger partial charge is 0.399 e. The van der Waals surface area contributed by atoms with Crippen LogP contribution >= 0.6 is 11.3 Å². The zero-order chi connectivity index (χ0) is 17.2. The average molecular weight is 354 g/mol. The predicted octanol–water partition coefficient (Wildman–Crippen LogP) is 1.87. The summed E-state index contributed by atoms with van der Waals surface area (Å²) in [5.41, 5.74) is 8.66. The van der Waals surface area contributed by atoms with Crippen LogP contribution < -0.4 is 10.6 Å². The summed E-state index contributed by atoms with van der Waals surface area (Å²) in [5.74, 6) is 0.117. The fraction of sp³-hybridized carbons (Fsp3) is 0.235. The summed E-state index contributed by atoms with van der Waals surface area (Å²) in [7, 11) is 0. The number of anilines is 2. The lowest BCUT2D eigenvalue weighted by molar-refractivity contribution is 0.0751. The number of nitrogen functional groups attached to an aromatic ring is 1. The molecule has 1 saturated heterocycles. The molecule has 1 fully saturated rings. The summed E-state index contributed by atoms with van der Waals surface area (Å²) in [6, 6.07) is 9.62. The maximum atomic E-state index is 12.5. The number of hydrogen-bond acceptors (Lipinski definition) is 6. The number of carbonyl (C=O) groups excluding carboxylic acids is 1. The Morgan fingerprint density at radius 3 is 2.48 bits per heavy atom. The monoisotopic (exact) mass is 354 g/mol. The first-order valence-electron chi connectivity index (χ1n) is 8.04. The van der Waals surface area contributed by atoms with Crippen LogP contribution in [0, 0.1) is 0 Å². The quantitative estimate of drug-likeness (QED) is 0.727. The molecule has 128 valence electrons. The molecule has 8 heteroatoms. The van der Waals surface area contributed by atoms with Crippen molar-refractivity contribution in [1.82, 2.24) is 19.7 Å². The highest BCUT2D eigenvalue weighted by Gasteiger charge is 2.24. The van der Waals surface area contributed by atoms with Gasteiger partial charge in [-0.05, 0) is 29.6 Å². The molecule has 1 aromatic carbocycles. The Kier molecular flexibility index (Phi) is 4.10. The molecule has 0 bridgehead atoms. The summed E-state index contributed by atoms with van der Waals surface area (Å²) in [6.07, 6.45) is 3.32. The molecule has 1 aliphatic heterocycles. The van der Waals surface area contributed by atoms with Gasteiger partial charge in [-0.15, -0.1) is 21.5 Å². The van der Waals surface area contributed by atoms with Gasteiger partial charge in [0.25, 0.3) is 5.91 Å². The highest BCUT2D eigenvalue weighted by molar-refractivity contribution is 7.12. The van der Waals surface area contributed by atoms with Gasteiger partial charge in [-0.1, -0.05) is 6.07 Å². The molecule has 2 N–H and O–H groups in total. The number of amides is 1. The summed E-state index contributed by atoms with van der Waals surface area (Å²) in [5, 5.41) is 9.69. The van der Waals surface area contributed by atoms with Gasteiger partial charge in [0, 0.05) is 31.9 Å². The van der Waals surface area contributed by atoms with Crippen molar-refractivity contribution in [2.75, 3.05) is 36.8 Å². The molecular formula is C17H18N6OS. The highest BCUT2D eigenvalue weighted by Crippen LogP contribution is 2.28. The molecule has 25 heavy (non-hydrogen) atoms. The molecule has 0 aliphatic carbocycles. The molecule has 0 spiro atoms. The van der Waals surface area contributed by atoms with Gasteiger partial charge in [0.05, 0.1) is 16.3 Å². The van der Waals surface area contributed by atoms with E-state index in [4.69, 9.17) is 5.73 Å². The standard InChI is InChI=1S/C17H18N6OS/c18-13-3-4-14(15(10-13)23-11-19-20-12-23)21-5-7-22(8-6-21)17(24)16-2-1-9-25-16/h1-4,9-12H,5-8,18H2. The van der Waals surface area contributed by atoms with Gasteiger partial charge in [0.2, 0.25) is 0 Å². The zero-order valence-corrected chi connectivity index (χ0v) is 14.4. The fourth-order valence-electron chi connectivity index (χ4n) is 3.05. The number of nitrogens with zero attached hydrogens (tertiary/aromatic N) is 5. The van der Waals surface area contributed by atoms with E-state index in [1.54, 1.807) is 12.7 Å². The molecular weight excluding hydrogens is 336 g/mol. The van der Waals surface area contributed by atoms with E-state index in [2.05, 4.69) is 15.1 Å². The first-order valence-corrected chi connectivity index (χ1v) is 8.92. The van der Waals surface area contributed by atoms with Crippen molar-refractivity contribution in [2.45, 2.75) is 0 Å². The summed E-state index contributed by atoms with van der Waals surface area (Å²) < 4.78 is 1.86. The number of thiophene rings is 1. The van der Waals surface area contributed by atoms with E-state index in [9.17, 15) is 4.79 Å². The lowest BCUT2D eigenvalue weighted by Gasteiger charge is -2.36. The Labute approximate surface area is 149 Å². The third-order valence-electron chi connectivity index (χ3n) is 4.34. The van der Waals surface area contributed by atoms with Gasteiger partial charge in [0.1, 0.15) is 12.7 Å². The van der Waals surface area contributed by atoms with Crippen molar-refractivity contribution in [2.24, 2.45) is 0 Å². The Bertz CT molecular complexity index is 853. The number of aromatic nitrogens is 3. The minimum atomic E-state index is 0.117. The van der Waals surface area contributed by atoms with Crippen LogP contribution in [0.1, 0.15) is 9.67 Å². The van der Waals surface area contributed by atoms with E-state index in [1.165, 1.54) is 11.3 Å². The van der Waals surface area contributed by atoms with Crippen LogP contribution in [0.4, 0.5) is 11.4 Å². The van der Waals surface area contributed by atoms with E-state index >= 15 is 0 Å². The molecule has 3 aromatic rings. The molecule has 0 radical (unpaired) electrons. The van der Waals surface area contributed by atoms with Crippen molar-refractivity contribution >= 4 is 28.6 Å². The molecule has 7 nitrogen and oxygen atoms in total. The molecule has 3 heterocycles. The zero-order valence-electron chi connectivity index (χ0n) is 13.6. The SMILES string of the molecule is Nc1ccc(N2CCN(C(=O)c3cccs3)CC2)c(-n2cnnc2)c1. The number of rotatable bonds is 3. The van der Waals surface area contributed by atoms with Crippen LogP contribution in [-0.4, -0.2) is 51.8 Å². The normalized spacial score (nSPS) is 14.7. The molecule has 1 amide bonds. The van der Waals surface area contributed by atoms with Crippen LogP contribution in [0.3, 0.4) is 0 Å². The van der Waals surface area contributed by atoms with Gasteiger partial charge in [-0.3, -0.25) is 9.36 Å². The number of nitrogens with two attached hydrogens (primary N) is 1. The van der Waals surface area contributed by atoms with Crippen LogP contribution in [0.5, 0.6) is 0 Å². The van der Waals surface area contributed by atoms with E-state index in [0.717, 1.165) is 29.3 Å². The van der Waals surface area contributed by atoms with Gasteiger partial charge < -0.3 is 15.5 Å². The maximum Gasteiger partial charge on any atom is 0.264 e. The Balaban J connectivity index is 1.52. The number of carbonyl (C=O) groups is 1. The second kappa shape index (κ2) is 6.56. The Morgan fingerprint density at radius 2 is 1.80 bits per heavy atom. The van der Waals surface area contributed by atoms with Crippen LogP contribution in [0.15, 0.2) is 48.4 Å². The van der Waals surface area contributed by atoms with E-state index in [-0.39, 0.29) is 5.91 Å². The van der Waals surface area contributed by atoms with Crippen molar-refractivity contribution in [3.05, 3.63) is 53.2 Å². The molecule has 1 aliphatic rings. The minimum absolute atomic E-state index is 0.117. The van der Waals surface area contributed by atoms with Crippen LogP contribution in [0.25, 0.3) is 5.69 Å². The number of hydrogen-bond donors (Lipinski definition) is 1. The smallest absolute Gasteiger partial charge is 0.264 e. The second-order valence-corrected chi connectivity index (χ2v) is 6.82. The van der Waals surface area contributed by atoms with Crippen molar-refractivity contribution < 1.29 is 4.79 Å². The highest BCUT2D eigenvalue weighted by atomic mass is 32.1. The predicted molar refractivity (Wildman–Crippen MR) is 98.2 cm³/mol. The molecule has 0 saturated carbocycles. The number of benzene rings is 1. The molecule has 4 rings (SSSR count). The van der Waals surface area contributed by atoms with E-state index < -0.39 is 0 Å². The van der Waals surface area contributed by atoms with E-state index in [0.29, 0.717) is 18.8 Å². The Hall–Kier alpha value is -2.87. The van der Waals surface area contributed by atoms with Gasteiger partial charge >= 0.3 is 0 Å². The van der Waals surface area contributed by atoms with Gasteiger partial charge in [-0.2, -0.15) is 0 Å². The van der Waals surface area contributed by atoms with Crippen molar-refractivity contribution in [1.29, 1.82) is 0 Å². The first-order chi connectivity index (χ1) is 12.2. The summed E-state index contributed by atoms with van der Waals surface area (Å²) >= 11 is 1.49. The molecule has 2 aromatic heterocycles. The summed E-state index contributed by atoms with van der Waals surface area (Å²) in [4.78, 5) is 17.5. The van der Waals surface area contributed by atoms with Crippen molar-refractivity contribution in [3.63, 3.8) is 0 Å². The van der Waals surface area contributed by atoms with Crippen molar-refractivity contribution in [3.8, 4) is 5.69 Å². The third kappa shape index (κ3) is 3.08. The first kappa shape index (κ1) is 15.6. The van der Waals surface area contributed by atoms with Gasteiger partial charge in [-0.25, -0.2) is 0 Å². The lowest BCUT2D eigenvalue weighted by atomic mass is 10.2. The maximum absolute atomic E-state index is 12.5. The lowest BCUT2D eigenvalue weighted by Crippen LogP contribution is -2.48. The number of piperazine rings is 1. The summed E-state index contributed by atoms with van der Waals surface area (Å²) in [6.45, 7) is 2.94. The Morgan fingerprint density at radius 1 is 1.04 bits per heavy atom. The second-order valence-electron chi connectivity index (χ2n) is 5.87. The third-order valence-corrected chi connectivity index (χ3v) is 5.19. The van der Waals surface area contributed by atoms with Crippen LogP contribution in [0.2, 0.25) is 0 Å². The molecule has 0 atom stereocenters. The topological polar surface area (TPSA) is 80.3 Å².